The molecule has 0 saturated heterocycles. The van der Waals surface area contributed by atoms with Crippen molar-refractivity contribution in [1.82, 2.24) is 4.90 Å². The fourth-order valence-electron chi connectivity index (χ4n) is 3.15. The molecular formula is C20H19F2NO5. The second kappa shape index (κ2) is 7.53. The molecule has 4 rings (SSSR count). The van der Waals surface area contributed by atoms with Crippen molar-refractivity contribution in [2.75, 3.05) is 13.9 Å². The van der Waals surface area contributed by atoms with Crippen LogP contribution in [0.2, 0.25) is 0 Å². The zero-order chi connectivity index (χ0) is 19.7. The number of ether oxygens (including phenoxy) is 4. The monoisotopic (exact) mass is 391 g/mol. The van der Waals surface area contributed by atoms with Crippen LogP contribution in [0.15, 0.2) is 36.4 Å². The Morgan fingerprint density at radius 3 is 2.64 bits per heavy atom. The van der Waals surface area contributed by atoms with Gasteiger partial charge in [0.1, 0.15) is 0 Å². The highest BCUT2D eigenvalue weighted by atomic mass is 19.3. The Kier molecular flexibility index (Phi) is 4.93. The van der Waals surface area contributed by atoms with Gasteiger partial charge in [-0.2, -0.15) is 8.78 Å². The van der Waals surface area contributed by atoms with E-state index in [-0.39, 0.29) is 30.2 Å². The average molecular weight is 391 g/mol. The number of carbonyl (C=O) groups is 1. The molecule has 1 heterocycles. The largest absolute Gasteiger partial charge is 0.493 e. The molecule has 1 aliphatic carbocycles. The van der Waals surface area contributed by atoms with Crippen LogP contribution < -0.4 is 18.9 Å². The van der Waals surface area contributed by atoms with Gasteiger partial charge in [-0.15, -0.1) is 0 Å². The predicted molar refractivity (Wildman–Crippen MR) is 95.1 cm³/mol. The molecule has 2 aliphatic rings. The Labute approximate surface area is 160 Å². The number of amides is 1. The van der Waals surface area contributed by atoms with Crippen LogP contribution in [0, 0.1) is 0 Å². The van der Waals surface area contributed by atoms with Crippen molar-refractivity contribution >= 4 is 5.91 Å². The molecule has 28 heavy (non-hydrogen) atoms. The molecule has 1 aliphatic heterocycles. The van der Waals surface area contributed by atoms with Gasteiger partial charge in [0.05, 0.1) is 7.11 Å². The maximum Gasteiger partial charge on any atom is 0.387 e. The summed E-state index contributed by atoms with van der Waals surface area (Å²) in [7, 11) is 1.38. The van der Waals surface area contributed by atoms with Crippen molar-refractivity contribution in [3.05, 3.63) is 47.5 Å². The summed E-state index contributed by atoms with van der Waals surface area (Å²) in [5.41, 5.74) is 1.28. The van der Waals surface area contributed by atoms with E-state index in [0.29, 0.717) is 23.6 Å². The van der Waals surface area contributed by atoms with E-state index in [1.165, 1.54) is 13.2 Å². The van der Waals surface area contributed by atoms with Gasteiger partial charge in [-0.1, -0.05) is 6.07 Å². The number of benzene rings is 2. The standard InChI is InChI=1S/C20H19F2NO5/c1-25-17-8-12(2-6-16(17)28-20(21)22)10-23(14-4-5-14)19(24)13-3-7-15-18(9-13)27-11-26-15/h2-3,6-9,14,20H,4-5,10-11H2,1H3. The second-order valence-electron chi connectivity index (χ2n) is 6.60. The number of fused-ring (bicyclic) bond motifs is 1. The normalized spacial score (nSPS) is 14.9. The van der Waals surface area contributed by atoms with Gasteiger partial charge in [-0.05, 0) is 48.7 Å². The molecule has 2 aromatic rings. The van der Waals surface area contributed by atoms with E-state index in [1.807, 2.05) is 0 Å². The molecule has 148 valence electrons. The second-order valence-corrected chi connectivity index (χ2v) is 6.60. The minimum Gasteiger partial charge on any atom is -0.493 e. The van der Waals surface area contributed by atoms with Crippen molar-refractivity contribution in [3.63, 3.8) is 0 Å². The lowest BCUT2D eigenvalue weighted by Gasteiger charge is -2.23. The summed E-state index contributed by atoms with van der Waals surface area (Å²) in [4.78, 5) is 14.8. The van der Waals surface area contributed by atoms with Crippen LogP contribution in [0.5, 0.6) is 23.0 Å². The van der Waals surface area contributed by atoms with Crippen LogP contribution in [0.25, 0.3) is 0 Å². The number of halogens is 2. The fourth-order valence-corrected chi connectivity index (χ4v) is 3.15. The molecule has 2 aromatic carbocycles. The Hall–Kier alpha value is -3.03. The quantitative estimate of drug-likeness (QED) is 0.718. The molecule has 0 spiro atoms. The maximum absolute atomic E-state index is 13.1. The molecule has 1 saturated carbocycles. The summed E-state index contributed by atoms with van der Waals surface area (Å²) >= 11 is 0. The summed E-state index contributed by atoms with van der Waals surface area (Å²) < 4.78 is 45.2. The van der Waals surface area contributed by atoms with Crippen LogP contribution in [0.3, 0.4) is 0 Å². The summed E-state index contributed by atoms with van der Waals surface area (Å²) in [6, 6.07) is 9.96. The first-order valence-corrected chi connectivity index (χ1v) is 8.87. The van der Waals surface area contributed by atoms with E-state index >= 15 is 0 Å². The highest BCUT2D eigenvalue weighted by Crippen LogP contribution is 2.36. The first-order chi connectivity index (χ1) is 13.5. The van der Waals surface area contributed by atoms with Crippen molar-refractivity contribution in [2.45, 2.75) is 32.0 Å². The minimum absolute atomic E-state index is 0.0404. The summed E-state index contributed by atoms with van der Waals surface area (Å²) in [5, 5.41) is 0. The number of hydrogen-bond acceptors (Lipinski definition) is 5. The van der Waals surface area contributed by atoms with Crippen molar-refractivity contribution in [3.8, 4) is 23.0 Å². The lowest BCUT2D eigenvalue weighted by molar-refractivity contribution is -0.0512. The zero-order valence-electron chi connectivity index (χ0n) is 15.2. The van der Waals surface area contributed by atoms with Crippen LogP contribution in [0.4, 0.5) is 8.78 Å². The lowest BCUT2D eigenvalue weighted by Crippen LogP contribution is -2.32. The smallest absolute Gasteiger partial charge is 0.387 e. The molecule has 1 fully saturated rings. The van der Waals surface area contributed by atoms with Crippen molar-refractivity contribution < 1.29 is 32.5 Å². The highest BCUT2D eigenvalue weighted by molar-refractivity contribution is 5.95. The van der Waals surface area contributed by atoms with E-state index in [9.17, 15) is 13.6 Å². The number of hydrogen-bond donors (Lipinski definition) is 0. The molecule has 0 bridgehead atoms. The number of carbonyl (C=O) groups excluding carboxylic acids is 1. The summed E-state index contributed by atoms with van der Waals surface area (Å²) in [6.45, 7) is -2.45. The van der Waals surface area contributed by atoms with Gasteiger partial charge in [-0.3, -0.25) is 4.79 Å². The van der Waals surface area contributed by atoms with Gasteiger partial charge in [0.15, 0.2) is 23.0 Å². The first kappa shape index (κ1) is 18.3. The SMILES string of the molecule is COc1cc(CN(C(=O)c2ccc3c(c2)OCO3)C2CC2)ccc1OC(F)F. The minimum atomic E-state index is -2.93. The molecule has 0 N–H and O–H groups in total. The third-order valence-corrected chi connectivity index (χ3v) is 4.67. The van der Waals surface area contributed by atoms with Gasteiger partial charge in [0, 0.05) is 18.2 Å². The number of alkyl halides is 2. The van der Waals surface area contributed by atoms with Gasteiger partial charge in [-0.25, -0.2) is 0 Å². The molecule has 1 amide bonds. The topological polar surface area (TPSA) is 57.2 Å². The Balaban J connectivity index is 1.55. The van der Waals surface area contributed by atoms with E-state index in [0.717, 1.165) is 18.4 Å². The Bertz CT molecular complexity index is 885. The number of methoxy groups -OCH3 is 1. The van der Waals surface area contributed by atoms with Gasteiger partial charge in [0.2, 0.25) is 6.79 Å². The molecule has 0 atom stereocenters. The van der Waals surface area contributed by atoms with Crippen LogP contribution in [0.1, 0.15) is 28.8 Å². The van der Waals surface area contributed by atoms with Gasteiger partial charge >= 0.3 is 6.61 Å². The number of rotatable bonds is 7. The summed E-state index contributed by atoms with van der Waals surface area (Å²) in [5.74, 6) is 1.21. The fraction of sp³-hybridized carbons (Fsp3) is 0.350. The first-order valence-electron chi connectivity index (χ1n) is 8.87. The molecule has 8 heteroatoms. The van der Waals surface area contributed by atoms with Gasteiger partial charge < -0.3 is 23.8 Å². The lowest BCUT2D eigenvalue weighted by atomic mass is 10.1. The molecule has 0 radical (unpaired) electrons. The number of nitrogens with zero attached hydrogens (tertiary/aromatic N) is 1. The van der Waals surface area contributed by atoms with Crippen molar-refractivity contribution in [1.29, 1.82) is 0 Å². The van der Waals surface area contributed by atoms with E-state index in [2.05, 4.69) is 4.74 Å². The molecule has 6 nitrogen and oxygen atoms in total. The average Bonchev–Trinajstić information content (AvgIpc) is 3.42. The third-order valence-electron chi connectivity index (χ3n) is 4.67. The van der Waals surface area contributed by atoms with Crippen LogP contribution in [-0.4, -0.2) is 37.4 Å². The Morgan fingerprint density at radius 2 is 1.93 bits per heavy atom. The molecular weight excluding hydrogens is 372 g/mol. The highest BCUT2D eigenvalue weighted by Gasteiger charge is 2.33. The van der Waals surface area contributed by atoms with Gasteiger partial charge in [0.25, 0.3) is 5.91 Å². The van der Waals surface area contributed by atoms with Crippen molar-refractivity contribution in [2.24, 2.45) is 0 Å². The Morgan fingerprint density at radius 1 is 1.14 bits per heavy atom. The predicted octanol–water partition coefficient (Wildman–Crippen LogP) is 3.83. The van der Waals surface area contributed by atoms with E-state index in [1.54, 1.807) is 35.2 Å². The van der Waals surface area contributed by atoms with Crippen LogP contribution >= 0.6 is 0 Å². The molecule has 0 unspecified atom stereocenters. The molecule has 0 aromatic heterocycles. The van der Waals surface area contributed by atoms with E-state index in [4.69, 9.17) is 14.2 Å². The zero-order valence-corrected chi connectivity index (χ0v) is 15.2. The van der Waals surface area contributed by atoms with E-state index < -0.39 is 6.61 Å². The summed E-state index contributed by atoms with van der Waals surface area (Å²) in [6.07, 6.45) is 1.86. The third kappa shape index (κ3) is 3.81. The maximum atomic E-state index is 13.1. The van der Waals surface area contributed by atoms with Crippen LogP contribution in [-0.2, 0) is 6.54 Å².